The third kappa shape index (κ3) is 2.25. The van der Waals surface area contributed by atoms with Crippen molar-refractivity contribution in [2.45, 2.75) is 13.0 Å². The summed E-state index contributed by atoms with van der Waals surface area (Å²) in [6.45, 7) is 1.97. The van der Waals surface area contributed by atoms with Crippen LogP contribution in [0.4, 0.5) is 11.4 Å². The molecule has 0 saturated carbocycles. The third-order valence-corrected chi connectivity index (χ3v) is 2.69. The van der Waals surface area contributed by atoms with E-state index in [0.717, 1.165) is 11.5 Å². The Labute approximate surface area is 105 Å². The summed E-state index contributed by atoms with van der Waals surface area (Å²) < 4.78 is 1.84. The fraction of sp³-hybridized carbons (Fsp3) is 0.250. The van der Waals surface area contributed by atoms with Gasteiger partial charge in [-0.25, -0.2) is 0 Å². The topological polar surface area (TPSA) is 92.6 Å². The molecule has 18 heavy (non-hydrogen) atoms. The van der Waals surface area contributed by atoms with Crippen LogP contribution in [0.15, 0.2) is 24.5 Å². The van der Waals surface area contributed by atoms with Crippen LogP contribution in [0.25, 0.3) is 0 Å². The molecule has 6 heteroatoms. The van der Waals surface area contributed by atoms with E-state index in [1.54, 1.807) is 24.5 Å². The van der Waals surface area contributed by atoms with E-state index in [1.807, 2.05) is 18.5 Å². The molecule has 1 unspecified atom stereocenters. The lowest BCUT2D eigenvalue weighted by Crippen LogP contribution is -2.13. The van der Waals surface area contributed by atoms with Crippen molar-refractivity contribution in [3.05, 3.63) is 35.9 Å². The Kier molecular flexibility index (Phi) is 3.15. The number of nitrogens with two attached hydrogens (primary N) is 1. The molecule has 1 atom stereocenters. The number of aromatic nitrogens is 3. The summed E-state index contributed by atoms with van der Waals surface area (Å²) in [6.07, 6.45) is 1.65. The molecule has 2 aromatic rings. The maximum Gasteiger partial charge on any atom is 0.154 e. The number of anilines is 2. The molecule has 0 aliphatic carbocycles. The smallest absolute Gasteiger partial charge is 0.154 e. The molecule has 1 aromatic carbocycles. The fourth-order valence-electron chi connectivity index (χ4n) is 1.75. The van der Waals surface area contributed by atoms with Gasteiger partial charge in [0, 0.05) is 7.05 Å². The van der Waals surface area contributed by atoms with Crippen LogP contribution >= 0.6 is 0 Å². The molecule has 1 heterocycles. The number of nitrogen functional groups attached to an aromatic ring is 1. The summed E-state index contributed by atoms with van der Waals surface area (Å²) in [5.74, 6) is 0.818. The second-order valence-electron chi connectivity index (χ2n) is 4.08. The molecule has 3 N–H and O–H groups in total. The largest absolute Gasteiger partial charge is 0.397 e. The second-order valence-corrected chi connectivity index (χ2v) is 4.08. The Morgan fingerprint density at radius 2 is 2.28 bits per heavy atom. The van der Waals surface area contributed by atoms with Gasteiger partial charge in [0.1, 0.15) is 6.33 Å². The maximum absolute atomic E-state index is 8.77. The maximum atomic E-state index is 8.77. The van der Waals surface area contributed by atoms with Crippen molar-refractivity contribution >= 4 is 11.4 Å². The van der Waals surface area contributed by atoms with Gasteiger partial charge in [0.25, 0.3) is 0 Å². The number of hydrogen-bond acceptors (Lipinski definition) is 5. The van der Waals surface area contributed by atoms with E-state index in [1.165, 1.54) is 0 Å². The normalized spacial score (nSPS) is 11.8. The first-order valence-electron chi connectivity index (χ1n) is 5.52. The van der Waals surface area contributed by atoms with Gasteiger partial charge < -0.3 is 15.6 Å². The van der Waals surface area contributed by atoms with Crippen LogP contribution in [0.5, 0.6) is 0 Å². The number of hydrogen-bond donors (Lipinski definition) is 2. The summed E-state index contributed by atoms with van der Waals surface area (Å²) in [5, 5.41) is 19.9. The van der Waals surface area contributed by atoms with Gasteiger partial charge in [-0.15, -0.1) is 10.2 Å². The summed E-state index contributed by atoms with van der Waals surface area (Å²) in [5.41, 5.74) is 7.75. The zero-order valence-electron chi connectivity index (χ0n) is 10.3. The second kappa shape index (κ2) is 4.75. The zero-order chi connectivity index (χ0) is 13.1. The van der Waals surface area contributed by atoms with Crippen LogP contribution in [0.2, 0.25) is 0 Å². The highest BCUT2D eigenvalue weighted by atomic mass is 15.3. The molecule has 0 aliphatic heterocycles. The Balaban J connectivity index is 2.20. The van der Waals surface area contributed by atoms with Crippen molar-refractivity contribution in [2.75, 3.05) is 11.1 Å². The van der Waals surface area contributed by atoms with Crippen LogP contribution in [0.1, 0.15) is 24.4 Å². The third-order valence-electron chi connectivity index (χ3n) is 2.69. The lowest BCUT2D eigenvalue weighted by Gasteiger charge is -2.16. The van der Waals surface area contributed by atoms with E-state index >= 15 is 0 Å². The Hall–Kier alpha value is -2.55. The average Bonchev–Trinajstić information content (AvgIpc) is 2.78. The van der Waals surface area contributed by atoms with Gasteiger partial charge in [-0.05, 0) is 25.1 Å². The Morgan fingerprint density at radius 3 is 2.83 bits per heavy atom. The van der Waals surface area contributed by atoms with Crippen molar-refractivity contribution in [3.8, 4) is 6.07 Å². The molecule has 6 nitrogen and oxygen atoms in total. The number of aryl methyl sites for hydroxylation is 1. The Morgan fingerprint density at radius 1 is 1.50 bits per heavy atom. The van der Waals surface area contributed by atoms with E-state index < -0.39 is 0 Å². The minimum Gasteiger partial charge on any atom is -0.397 e. The minimum atomic E-state index is -0.0206. The van der Waals surface area contributed by atoms with Gasteiger partial charge in [0.05, 0.1) is 29.0 Å². The first kappa shape index (κ1) is 11.9. The van der Waals surface area contributed by atoms with Gasteiger partial charge in [0.15, 0.2) is 5.82 Å². The number of nitrogens with zero attached hydrogens (tertiary/aromatic N) is 4. The summed E-state index contributed by atoms with van der Waals surface area (Å²) in [4.78, 5) is 0. The van der Waals surface area contributed by atoms with Crippen molar-refractivity contribution in [2.24, 2.45) is 7.05 Å². The highest BCUT2D eigenvalue weighted by molar-refractivity contribution is 5.68. The molecule has 0 aliphatic rings. The van der Waals surface area contributed by atoms with Gasteiger partial charge in [-0.1, -0.05) is 0 Å². The molecule has 0 fully saturated rings. The van der Waals surface area contributed by atoms with E-state index in [-0.39, 0.29) is 6.04 Å². The summed E-state index contributed by atoms with van der Waals surface area (Å²) >= 11 is 0. The predicted molar refractivity (Wildman–Crippen MR) is 68.6 cm³/mol. The minimum absolute atomic E-state index is 0.0206. The fourth-order valence-corrected chi connectivity index (χ4v) is 1.75. The van der Waals surface area contributed by atoms with E-state index in [0.29, 0.717) is 11.3 Å². The number of nitriles is 1. The standard InChI is InChI=1S/C12H14N6/c1-8(12-17-15-7-18(12)2)16-11-4-3-9(6-13)5-10(11)14/h3-5,7-8,16H,14H2,1-2H3. The average molecular weight is 242 g/mol. The van der Waals surface area contributed by atoms with Crippen LogP contribution < -0.4 is 11.1 Å². The zero-order valence-corrected chi connectivity index (χ0v) is 10.3. The molecule has 0 spiro atoms. The first-order valence-corrected chi connectivity index (χ1v) is 5.52. The molecule has 0 bridgehead atoms. The number of nitrogens with one attached hydrogen (secondary N) is 1. The van der Waals surface area contributed by atoms with Crippen molar-refractivity contribution < 1.29 is 0 Å². The number of rotatable bonds is 3. The van der Waals surface area contributed by atoms with Crippen molar-refractivity contribution in [1.29, 1.82) is 5.26 Å². The quantitative estimate of drug-likeness (QED) is 0.794. The van der Waals surface area contributed by atoms with Crippen LogP contribution in [-0.2, 0) is 7.05 Å². The van der Waals surface area contributed by atoms with Crippen LogP contribution in [0.3, 0.4) is 0 Å². The van der Waals surface area contributed by atoms with Crippen molar-refractivity contribution in [3.63, 3.8) is 0 Å². The lowest BCUT2D eigenvalue weighted by atomic mass is 10.1. The van der Waals surface area contributed by atoms with E-state index in [4.69, 9.17) is 11.0 Å². The highest BCUT2D eigenvalue weighted by Crippen LogP contribution is 2.24. The van der Waals surface area contributed by atoms with Gasteiger partial charge >= 0.3 is 0 Å². The molecule has 0 saturated heterocycles. The van der Waals surface area contributed by atoms with Crippen LogP contribution in [0, 0.1) is 11.3 Å². The molecular formula is C12H14N6. The Bertz CT molecular complexity index is 595. The van der Waals surface area contributed by atoms with Gasteiger partial charge in [-0.2, -0.15) is 5.26 Å². The predicted octanol–water partition coefficient (Wildman–Crippen LogP) is 1.44. The molecule has 92 valence electrons. The van der Waals surface area contributed by atoms with Crippen LogP contribution in [-0.4, -0.2) is 14.8 Å². The van der Waals surface area contributed by atoms with Gasteiger partial charge in [0.2, 0.25) is 0 Å². The summed E-state index contributed by atoms with van der Waals surface area (Å²) in [6, 6.07) is 7.19. The molecule has 0 radical (unpaired) electrons. The SMILES string of the molecule is CC(Nc1ccc(C#N)cc1N)c1nncn1C. The molecule has 0 amide bonds. The molecule has 1 aromatic heterocycles. The highest BCUT2D eigenvalue weighted by Gasteiger charge is 2.12. The van der Waals surface area contributed by atoms with E-state index in [2.05, 4.69) is 21.6 Å². The lowest BCUT2D eigenvalue weighted by molar-refractivity contribution is 0.719. The first-order chi connectivity index (χ1) is 8.61. The molecular weight excluding hydrogens is 228 g/mol. The number of benzene rings is 1. The summed E-state index contributed by atoms with van der Waals surface area (Å²) in [7, 11) is 1.88. The molecule has 2 rings (SSSR count). The van der Waals surface area contributed by atoms with Gasteiger partial charge in [-0.3, -0.25) is 0 Å². The van der Waals surface area contributed by atoms with Crippen molar-refractivity contribution in [1.82, 2.24) is 14.8 Å². The monoisotopic (exact) mass is 242 g/mol. The van der Waals surface area contributed by atoms with E-state index in [9.17, 15) is 0 Å².